The lowest BCUT2D eigenvalue weighted by molar-refractivity contribution is -0.143. The molecule has 116 valence electrons. The SMILES string of the molecule is COc1ccc(CCC(=O)NC(C(=O)O)C(C)C)cc1Cl. The van der Waals surface area contributed by atoms with Crippen LogP contribution in [-0.4, -0.2) is 30.1 Å². The van der Waals surface area contributed by atoms with Gasteiger partial charge in [0.2, 0.25) is 5.91 Å². The van der Waals surface area contributed by atoms with Gasteiger partial charge in [0.15, 0.2) is 0 Å². The maximum Gasteiger partial charge on any atom is 0.326 e. The number of carbonyl (C=O) groups is 2. The van der Waals surface area contributed by atoms with E-state index in [9.17, 15) is 9.59 Å². The molecule has 1 unspecified atom stereocenters. The maximum atomic E-state index is 11.8. The summed E-state index contributed by atoms with van der Waals surface area (Å²) in [5.41, 5.74) is 0.896. The fourth-order valence-electron chi connectivity index (χ4n) is 1.88. The number of methoxy groups -OCH3 is 1. The molecular weight excluding hydrogens is 294 g/mol. The van der Waals surface area contributed by atoms with Gasteiger partial charge in [-0.15, -0.1) is 0 Å². The molecule has 0 radical (unpaired) electrons. The summed E-state index contributed by atoms with van der Waals surface area (Å²) in [4.78, 5) is 22.8. The van der Waals surface area contributed by atoms with Crippen LogP contribution in [0, 0.1) is 5.92 Å². The normalized spacial score (nSPS) is 12.0. The summed E-state index contributed by atoms with van der Waals surface area (Å²) in [5.74, 6) is -0.897. The van der Waals surface area contributed by atoms with Gasteiger partial charge in [0.25, 0.3) is 0 Å². The summed E-state index contributed by atoms with van der Waals surface area (Å²) in [5, 5.41) is 12.0. The fourth-order valence-corrected chi connectivity index (χ4v) is 2.16. The molecule has 5 nitrogen and oxygen atoms in total. The second-order valence-electron chi connectivity index (χ2n) is 5.10. The lowest BCUT2D eigenvalue weighted by atomic mass is 10.0. The summed E-state index contributed by atoms with van der Waals surface area (Å²) in [6, 6.07) is 4.45. The number of hydrogen-bond donors (Lipinski definition) is 2. The molecule has 0 saturated heterocycles. The van der Waals surface area contributed by atoms with Crippen LogP contribution in [0.25, 0.3) is 0 Å². The third-order valence-electron chi connectivity index (χ3n) is 3.11. The predicted molar refractivity (Wildman–Crippen MR) is 80.7 cm³/mol. The van der Waals surface area contributed by atoms with Gasteiger partial charge in [0.05, 0.1) is 12.1 Å². The summed E-state index contributed by atoms with van der Waals surface area (Å²) < 4.78 is 5.05. The summed E-state index contributed by atoms with van der Waals surface area (Å²) >= 11 is 6.01. The molecule has 0 heterocycles. The van der Waals surface area contributed by atoms with Crippen LogP contribution in [0.4, 0.5) is 0 Å². The number of hydrogen-bond acceptors (Lipinski definition) is 3. The van der Waals surface area contributed by atoms with E-state index in [1.165, 1.54) is 7.11 Å². The molecule has 21 heavy (non-hydrogen) atoms. The van der Waals surface area contributed by atoms with Crippen molar-refractivity contribution in [2.75, 3.05) is 7.11 Å². The van der Waals surface area contributed by atoms with Gasteiger partial charge in [-0.05, 0) is 30.0 Å². The van der Waals surface area contributed by atoms with Gasteiger partial charge in [-0.1, -0.05) is 31.5 Å². The molecule has 0 saturated carbocycles. The van der Waals surface area contributed by atoms with E-state index in [2.05, 4.69) is 5.32 Å². The van der Waals surface area contributed by atoms with E-state index >= 15 is 0 Å². The molecule has 1 aromatic carbocycles. The Morgan fingerprint density at radius 3 is 2.52 bits per heavy atom. The van der Waals surface area contributed by atoms with Gasteiger partial charge >= 0.3 is 5.97 Å². The van der Waals surface area contributed by atoms with Crippen molar-refractivity contribution in [1.29, 1.82) is 0 Å². The van der Waals surface area contributed by atoms with Crippen molar-refractivity contribution < 1.29 is 19.4 Å². The quantitative estimate of drug-likeness (QED) is 0.811. The molecule has 2 N–H and O–H groups in total. The van der Waals surface area contributed by atoms with E-state index < -0.39 is 12.0 Å². The monoisotopic (exact) mass is 313 g/mol. The van der Waals surface area contributed by atoms with Crippen LogP contribution in [-0.2, 0) is 16.0 Å². The highest BCUT2D eigenvalue weighted by Crippen LogP contribution is 2.25. The first-order valence-corrected chi connectivity index (χ1v) is 7.07. The van der Waals surface area contributed by atoms with Crippen LogP contribution in [0.3, 0.4) is 0 Å². The second-order valence-corrected chi connectivity index (χ2v) is 5.50. The Kier molecular flexibility index (Phi) is 6.49. The van der Waals surface area contributed by atoms with E-state index in [1.54, 1.807) is 26.0 Å². The van der Waals surface area contributed by atoms with Crippen LogP contribution in [0.5, 0.6) is 5.75 Å². The number of nitrogens with one attached hydrogen (secondary N) is 1. The summed E-state index contributed by atoms with van der Waals surface area (Å²) in [7, 11) is 1.53. The third-order valence-corrected chi connectivity index (χ3v) is 3.40. The van der Waals surface area contributed by atoms with Crippen molar-refractivity contribution in [3.8, 4) is 5.75 Å². The molecule has 1 amide bonds. The van der Waals surface area contributed by atoms with E-state index in [-0.39, 0.29) is 18.2 Å². The molecule has 0 aliphatic heterocycles. The van der Waals surface area contributed by atoms with Gasteiger partial charge in [0, 0.05) is 6.42 Å². The molecule has 0 aliphatic rings. The number of amides is 1. The maximum absolute atomic E-state index is 11.8. The highest BCUT2D eigenvalue weighted by atomic mass is 35.5. The standard InChI is InChI=1S/C15H20ClNO4/c1-9(2)14(15(19)20)17-13(18)7-5-10-4-6-12(21-3)11(16)8-10/h4,6,8-9,14H,5,7H2,1-3H3,(H,17,18)(H,19,20). The Labute approximate surface area is 129 Å². The number of aliphatic carboxylic acids is 1. The topological polar surface area (TPSA) is 75.6 Å². The van der Waals surface area contributed by atoms with Crippen molar-refractivity contribution in [1.82, 2.24) is 5.32 Å². The number of aryl methyl sites for hydroxylation is 1. The minimum atomic E-state index is -1.02. The molecule has 0 fully saturated rings. The van der Waals surface area contributed by atoms with Crippen molar-refractivity contribution in [3.05, 3.63) is 28.8 Å². The van der Waals surface area contributed by atoms with E-state index in [0.29, 0.717) is 17.2 Å². The van der Waals surface area contributed by atoms with Gasteiger partial charge in [-0.3, -0.25) is 4.79 Å². The number of carboxylic acid groups (broad SMARTS) is 1. The molecule has 6 heteroatoms. The zero-order valence-corrected chi connectivity index (χ0v) is 13.1. The number of rotatable bonds is 7. The molecule has 0 aliphatic carbocycles. The number of ether oxygens (including phenoxy) is 1. The Morgan fingerprint density at radius 1 is 1.38 bits per heavy atom. The highest BCUT2D eigenvalue weighted by Gasteiger charge is 2.23. The number of benzene rings is 1. The van der Waals surface area contributed by atoms with Gasteiger partial charge in [-0.2, -0.15) is 0 Å². The molecule has 0 aromatic heterocycles. The second kappa shape index (κ2) is 7.88. The van der Waals surface area contributed by atoms with Gasteiger partial charge in [0.1, 0.15) is 11.8 Å². The van der Waals surface area contributed by atoms with Crippen LogP contribution in [0.2, 0.25) is 5.02 Å². The van der Waals surface area contributed by atoms with Crippen LogP contribution < -0.4 is 10.1 Å². The summed E-state index contributed by atoms with van der Waals surface area (Å²) in [6.07, 6.45) is 0.694. The zero-order chi connectivity index (χ0) is 16.0. The smallest absolute Gasteiger partial charge is 0.326 e. The van der Waals surface area contributed by atoms with E-state index in [0.717, 1.165) is 5.56 Å². The van der Waals surface area contributed by atoms with E-state index in [1.807, 2.05) is 6.07 Å². The molecule has 0 bridgehead atoms. The third kappa shape index (κ3) is 5.27. The summed E-state index contributed by atoms with van der Waals surface area (Å²) in [6.45, 7) is 3.50. The van der Waals surface area contributed by atoms with E-state index in [4.69, 9.17) is 21.4 Å². The molecule has 1 atom stereocenters. The lowest BCUT2D eigenvalue weighted by Gasteiger charge is -2.17. The Morgan fingerprint density at radius 2 is 2.05 bits per heavy atom. The fraction of sp³-hybridized carbons (Fsp3) is 0.467. The van der Waals surface area contributed by atoms with Crippen LogP contribution >= 0.6 is 11.6 Å². The molecule has 0 spiro atoms. The minimum Gasteiger partial charge on any atom is -0.495 e. The van der Waals surface area contributed by atoms with Crippen LogP contribution in [0.1, 0.15) is 25.8 Å². The molecule has 1 aromatic rings. The predicted octanol–water partition coefficient (Wildman–Crippen LogP) is 2.51. The first-order valence-electron chi connectivity index (χ1n) is 6.69. The lowest BCUT2D eigenvalue weighted by Crippen LogP contribution is -2.44. The van der Waals surface area contributed by atoms with Gasteiger partial charge < -0.3 is 15.2 Å². The zero-order valence-electron chi connectivity index (χ0n) is 12.4. The first kappa shape index (κ1) is 17.3. The average molecular weight is 314 g/mol. The first-order chi connectivity index (χ1) is 9.85. The van der Waals surface area contributed by atoms with Gasteiger partial charge in [-0.25, -0.2) is 4.79 Å². The minimum absolute atomic E-state index is 0.165. The average Bonchev–Trinajstić information content (AvgIpc) is 2.42. The largest absolute Gasteiger partial charge is 0.495 e. The Bertz CT molecular complexity index is 516. The Hall–Kier alpha value is -1.75. The van der Waals surface area contributed by atoms with Crippen LogP contribution in [0.15, 0.2) is 18.2 Å². The number of carboxylic acids is 1. The molecular formula is C15H20ClNO4. The molecule has 1 rings (SSSR count). The number of halogens is 1. The Balaban J connectivity index is 2.56. The van der Waals surface area contributed by atoms with Crippen molar-refractivity contribution in [2.24, 2.45) is 5.92 Å². The van der Waals surface area contributed by atoms with Crippen molar-refractivity contribution >= 4 is 23.5 Å². The highest BCUT2D eigenvalue weighted by molar-refractivity contribution is 6.32. The van der Waals surface area contributed by atoms with Crippen molar-refractivity contribution in [3.63, 3.8) is 0 Å². The van der Waals surface area contributed by atoms with Crippen molar-refractivity contribution in [2.45, 2.75) is 32.7 Å². The number of carbonyl (C=O) groups excluding carboxylic acids is 1.